The first kappa shape index (κ1) is 20.0. The molecule has 0 bridgehead atoms. The lowest BCUT2D eigenvalue weighted by molar-refractivity contribution is -0.123. The lowest BCUT2D eigenvalue weighted by Gasteiger charge is -2.21. The molecule has 0 aliphatic rings. The molecule has 0 fully saturated rings. The number of rotatable bonds is 7. The third kappa shape index (κ3) is 4.97. The minimum absolute atomic E-state index is 0.0996. The van der Waals surface area contributed by atoms with E-state index in [0.717, 1.165) is 5.56 Å². The molecule has 3 aromatic rings. The monoisotopic (exact) mass is 398 g/mol. The normalized spacial score (nSPS) is 12.3. The van der Waals surface area contributed by atoms with Crippen molar-refractivity contribution in [3.05, 3.63) is 75.3 Å². The molecule has 2 N–H and O–H groups in total. The van der Waals surface area contributed by atoms with E-state index in [4.69, 9.17) is 11.6 Å². The van der Waals surface area contributed by atoms with Crippen LogP contribution in [-0.2, 0) is 11.3 Å². The molecular weight excluding hydrogens is 376 g/mol. The molecule has 0 unspecified atom stereocenters. The number of fused-ring (bicyclic) bond motifs is 1. The van der Waals surface area contributed by atoms with Crippen molar-refractivity contribution < 1.29 is 4.79 Å². The zero-order valence-electron chi connectivity index (χ0n) is 15.9. The molecule has 2 aromatic carbocycles. The van der Waals surface area contributed by atoms with Gasteiger partial charge in [-0.05, 0) is 43.3 Å². The van der Waals surface area contributed by atoms with Gasteiger partial charge in [-0.3, -0.25) is 14.5 Å². The second kappa shape index (κ2) is 8.99. The van der Waals surface area contributed by atoms with Gasteiger partial charge in [-0.25, -0.2) is 4.98 Å². The molecule has 0 aliphatic carbocycles. The van der Waals surface area contributed by atoms with Crippen LogP contribution in [0.5, 0.6) is 0 Å². The first-order chi connectivity index (χ1) is 13.5. The second-order valence-electron chi connectivity index (χ2n) is 6.68. The van der Waals surface area contributed by atoms with Crippen molar-refractivity contribution in [2.75, 3.05) is 13.1 Å². The molecule has 146 valence electrons. The van der Waals surface area contributed by atoms with E-state index in [1.165, 1.54) is 0 Å². The van der Waals surface area contributed by atoms with E-state index in [9.17, 15) is 9.59 Å². The first-order valence-corrected chi connectivity index (χ1v) is 9.59. The number of carbonyl (C=O) groups is 1. The molecule has 6 nitrogen and oxygen atoms in total. The number of likely N-dealkylation sites (N-methyl/N-ethyl adjacent to an activating group) is 1. The number of aromatic amines is 1. The van der Waals surface area contributed by atoms with Crippen molar-refractivity contribution in [2.24, 2.45) is 0 Å². The van der Waals surface area contributed by atoms with Crippen molar-refractivity contribution in [3.8, 4) is 0 Å². The fraction of sp³-hybridized carbons (Fsp3) is 0.286. The van der Waals surface area contributed by atoms with Crippen molar-refractivity contribution in [1.29, 1.82) is 0 Å². The molecule has 0 aliphatic heterocycles. The summed E-state index contributed by atoms with van der Waals surface area (Å²) >= 11 is 6.02. The Balaban J connectivity index is 1.65. The highest BCUT2D eigenvalue weighted by molar-refractivity contribution is 6.30. The van der Waals surface area contributed by atoms with Gasteiger partial charge in [0.1, 0.15) is 5.82 Å². The van der Waals surface area contributed by atoms with Crippen molar-refractivity contribution in [1.82, 2.24) is 20.2 Å². The lowest BCUT2D eigenvalue weighted by Crippen LogP contribution is -2.38. The molecule has 1 amide bonds. The molecule has 1 heterocycles. The Morgan fingerprint density at radius 2 is 2.04 bits per heavy atom. The third-order valence-electron chi connectivity index (χ3n) is 4.58. The van der Waals surface area contributed by atoms with Crippen LogP contribution in [0.3, 0.4) is 0 Å². The number of nitrogens with zero attached hydrogens (tertiary/aromatic N) is 2. The Hall–Kier alpha value is -2.70. The number of hydrogen-bond donors (Lipinski definition) is 2. The predicted molar refractivity (Wildman–Crippen MR) is 111 cm³/mol. The van der Waals surface area contributed by atoms with Crippen LogP contribution in [0.4, 0.5) is 0 Å². The summed E-state index contributed by atoms with van der Waals surface area (Å²) in [7, 11) is 0. The average molecular weight is 399 g/mol. The van der Waals surface area contributed by atoms with E-state index in [1.807, 2.05) is 55.1 Å². The highest BCUT2D eigenvalue weighted by Gasteiger charge is 2.15. The average Bonchev–Trinajstić information content (AvgIpc) is 2.67. The summed E-state index contributed by atoms with van der Waals surface area (Å²) in [5, 5.41) is 4.18. The fourth-order valence-corrected chi connectivity index (χ4v) is 3.25. The molecule has 1 atom stereocenters. The highest BCUT2D eigenvalue weighted by atomic mass is 35.5. The Bertz CT molecular complexity index is 1030. The summed E-state index contributed by atoms with van der Waals surface area (Å²) in [6.45, 7) is 5.12. The second-order valence-corrected chi connectivity index (χ2v) is 7.11. The summed E-state index contributed by atoms with van der Waals surface area (Å²) in [5.74, 6) is 0.443. The van der Waals surface area contributed by atoms with Gasteiger partial charge < -0.3 is 10.3 Å². The number of benzene rings is 2. The van der Waals surface area contributed by atoms with E-state index in [-0.39, 0.29) is 24.1 Å². The van der Waals surface area contributed by atoms with Crippen molar-refractivity contribution in [2.45, 2.75) is 26.4 Å². The number of aromatic nitrogens is 2. The molecule has 1 aromatic heterocycles. The van der Waals surface area contributed by atoms with Gasteiger partial charge >= 0.3 is 0 Å². The Morgan fingerprint density at radius 1 is 1.25 bits per heavy atom. The standard InChI is InChI=1S/C21H23ClN4O2/c1-3-26(12-19-24-18-10-5-4-9-17(18)21(28)25-19)13-20(27)23-14(2)15-7-6-8-16(22)11-15/h4-11,14H,3,12-13H2,1-2H3,(H,23,27)(H,24,25,28)/t14-/m0/s1. The molecule has 0 spiro atoms. The smallest absolute Gasteiger partial charge is 0.258 e. The first-order valence-electron chi connectivity index (χ1n) is 9.21. The van der Waals surface area contributed by atoms with Crippen molar-refractivity contribution in [3.63, 3.8) is 0 Å². The van der Waals surface area contributed by atoms with Gasteiger partial charge in [0.2, 0.25) is 5.91 Å². The zero-order chi connectivity index (χ0) is 20.1. The number of hydrogen-bond acceptors (Lipinski definition) is 4. The van der Waals surface area contributed by atoms with Gasteiger partial charge in [-0.15, -0.1) is 0 Å². The summed E-state index contributed by atoms with van der Waals surface area (Å²) in [6, 6.07) is 14.5. The van der Waals surface area contributed by atoms with Crippen LogP contribution in [0.2, 0.25) is 5.02 Å². The van der Waals surface area contributed by atoms with Crippen LogP contribution in [0.1, 0.15) is 31.3 Å². The van der Waals surface area contributed by atoms with E-state index >= 15 is 0 Å². The number of H-pyrrole nitrogens is 1. The van der Waals surface area contributed by atoms with Gasteiger partial charge in [-0.1, -0.05) is 42.8 Å². The van der Waals surface area contributed by atoms with Crippen LogP contribution in [-0.4, -0.2) is 33.9 Å². The third-order valence-corrected chi connectivity index (χ3v) is 4.81. The maximum absolute atomic E-state index is 12.5. The summed E-state index contributed by atoms with van der Waals surface area (Å²) in [6.07, 6.45) is 0. The maximum atomic E-state index is 12.5. The van der Waals surface area contributed by atoms with Gasteiger partial charge in [0.15, 0.2) is 0 Å². The molecule has 3 rings (SSSR count). The topological polar surface area (TPSA) is 78.1 Å². The number of halogens is 1. The highest BCUT2D eigenvalue weighted by Crippen LogP contribution is 2.17. The fourth-order valence-electron chi connectivity index (χ4n) is 3.05. The number of para-hydroxylation sites is 1. The van der Waals surface area contributed by atoms with Crippen LogP contribution < -0.4 is 10.9 Å². The SMILES string of the molecule is CCN(CC(=O)N[C@@H](C)c1cccc(Cl)c1)Cc1nc2ccccc2c(=O)[nH]1. The van der Waals surface area contributed by atoms with E-state index in [2.05, 4.69) is 15.3 Å². The quantitative estimate of drug-likeness (QED) is 0.640. The minimum Gasteiger partial charge on any atom is -0.348 e. The van der Waals surface area contributed by atoms with Gasteiger partial charge in [-0.2, -0.15) is 0 Å². The largest absolute Gasteiger partial charge is 0.348 e. The molecule has 28 heavy (non-hydrogen) atoms. The lowest BCUT2D eigenvalue weighted by atomic mass is 10.1. The Labute approximate surface area is 168 Å². The van der Waals surface area contributed by atoms with Gasteiger partial charge in [0.25, 0.3) is 5.56 Å². The van der Waals surface area contributed by atoms with Crippen LogP contribution >= 0.6 is 11.6 Å². The molecule has 0 radical (unpaired) electrons. The van der Waals surface area contributed by atoms with Crippen LogP contribution in [0.15, 0.2) is 53.3 Å². The molecule has 7 heteroatoms. The summed E-state index contributed by atoms with van der Waals surface area (Å²) < 4.78 is 0. The van der Waals surface area contributed by atoms with Crippen LogP contribution in [0.25, 0.3) is 10.9 Å². The summed E-state index contributed by atoms with van der Waals surface area (Å²) in [4.78, 5) is 33.9. The van der Waals surface area contributed by atoms with E-state index in [1.54, 1.807) is 12.1 Å². The summed E-state index contributed by atoms with van der Waals surface area (Å²) in [5.41, 5.74) is 1.43. The minimum atomic E-state index is -0.171. The maximum Gasteiger partial charge on any atom is 0.258 e. The van der Waals surface area contributed by atoms with E-state index in [0.29, 0.717) is 34.8 Å². The number of carbonyl (C=O) groups excluding carboxylic acids is 1. The van der Waals surface area contributed by atoms with Crippen molar-refractivity contribution >= 4 is 28.4 Å². The molecule has 0 saturated carbocycles. The Morgan fingerprint density at radius 3 is 2.79 bits per heavy atom. The zero-order valence-corrected chi connectivity index (χ0v) is 16.7. The van der Waals surface area contributed by atoms with Gasteiger partial charge in [0.05, 0.1) is 30.0 Å². The number of nitrogens with one attached hydrogen (secondary N) is 2. The molecule has 0 saturated heterocycles. The predicted octanol–water partition coefficient (Wildman–Crippen LogP) is 3.28. The molecular formula is C21H23ClN4O2. The number of amides is 1. The van der Waals surface area contributed by atoms with E-state index < -0.39 is 0 Å². The van der Waals surface area contributed by atoms with Crippen LogP contribution in [0, 0.1) is 0 Å². The Kier molecular flexibility index (Phi) is 6.44. The van der Waals surface area contributed by atoms with Gasteiger partial charge in [0, 0.05) is 5.02 Å².